The summed E-state index contributed by atoms with van der Waals surface area (Å²) in [7, 11) is 1.27. The van der Waals surface area contributed by atoms with Crippen molar-refractivity contribution in [3.63, 3.8) is 0 Å². The van der Waals surface area contributed by atoms with Crippen LogP contribution in [0.15, 0.2) is 30.3 Å². The van der Waals surface area contributed by atoms with E-state index in [1.807, 2.05) is 6.07 Å². The fraction of sp³-hybridized carbons (Fsp3) is 0.438. The third kappa shape index (κ3) is 3.44. The minimum Gasteiger partial charge on any atom is -0.467 e. The summed E-state index contributed by atoms with van der Waals surface area (Å²) < 4.78 is 4.58. The lowest BCUT2D eigenvalue weighted by molar-refractivity contribution is -0.142. The van der Waals surface area contributed by atoms with Crippen molar-refractivity contribution in [2.75, 3.05) is 13.7 Å². The van der Waals surface area contributed by atoms with E-state index >= 15 is 0 Å². The highest BCUT2D eigenvalue weighted by molar-refractivity contribution is 6.02. The van der Waals surface area contributed by atoms with Crippen LogP contribution >= 0.6 is 0 Å². The minimum atomic E-state index is -0.745. The molecular formula is C16H20N2O4. The number of carbonyl (C=O) groups is 3. The van der Waals surface area contributed by atoms with Gasteiger partial charge in [-0.1, -0.05) is 30.3 Å². The number of ether oxygens (including phenoxy) is 1. The zero-order valence-electron chi connectivity index (χ0n) is 12.7. The molecule has 6 heteroatoms. The molecule has 1 fully saturated rings. The van der Waals surface area contributed by atoms with Crippen molar-refractivity contribution >= 4 is 17.8 Å². The van der Waals surface area contributed by atoms with E-state index in [1.54, 1.807) is 31.2 Å². The maximum Gasteiger partial charge on any atom is 0.328 e. The van der Waals surface area contributed by atoms with Crippen molar-refractivity contribution < 1.29 is 19.1 Å². The first kappa shape index (κ1) is 16.0. The molecule has 1 aromatic carbocycles. The van der Waals surface area contributed by atoms with Crippen molar-refractivity contribution in [3.05, 3.63) is 35.9 Å². The van der Waals surface area contributed by atoms with Gasteiger partial charge in [-0.15, -0.1) is 0 Å². The standard InChI is InChI=1S/C16H20N2O4/c1-11(15(20)22-2)17-16(21)18-10-6-9-13(18)14(19)12-7-4-3-5-8-12/h3-5,7-8,11,13H,6,9-10H2,1-2H3,(H,17,21). The molecule has 1 heterocycles. The molecule has 2 rings (SSSR count). The lowest BCUT2D eigenvalue weighted by Crippen LogP contribution is -2.50. The Morgan fingerprint density at radius 2 is 1.95 bits per heavy atom. The maximum atomic E-state index is 12.5. The van der Waals surface area contributed by atoms with Crippen LogP contribution in [0.4, 0.5) is 4.79 Å². The molecule has 22 heavy (non-hydrogen) atoms. The van der Waals surface area contributed by atoms with Gasteiger partial charge in [0.25, 0.3) is 0 Å². The van der Waals surface area contributed by atoms with Crippen LogP contribution in [-0.4, -0.2) is 48.4 Å². The first-order valence-corrected chi connectivity index (χ1v) is 7.29. The van der Waals surface area contributed by atoms with Gasteiger partial charge in [-0.05, 0) is 19.8 Å². The molecule has 6 nitrogen and oxygen atoms in total. The lowest BCUT2D eigenvalue weighted by Gasteiger charge is -2.25. The van der Waals surface area contributed by atoms with E-state index in [0.717, 1.165) is 6.42 Å². The Morgan fingerprint density at radius 1 is 1.27 bits per heavy atom. The number of hydrogen-bond donors (Lipinski definition) is 1. The van der Waals surface area contributed by atoms with Crippen LogP contribution in [0, 0.1) is 0 Å². The predicted molar refractivity (Wildman–Crippen MR) is 80.5 cm³/mol. The Kier molecular flexibility index (Phi) is 5.14. The second-order valence-electron chi connectivity index (χ2n) is 5.28. The Hall–Kier alpha value is -2.37. The lowest BCUT2D eigenvalue weighted by atomic mass is 10.0. The molecule has 0 radical (unpaired) electrons. The average molecular weight is 304 g/mol. The number of rotatable bonds is 4. The molecule has 1 saturated heterocycles. The van der Waals surface area contributed by atoms with Crippen LogP contribution in [0.25, 0.3) is 0 Å². The number of nitrogens with zero attached hydrogens (tertiary/aromatic N) is 1. The molecule has 0 bridgehead atoms. The number of esters is 1. The minimum absolute atomic E-state index is 0.0704. The van der Waals surface area contributed by atoms with E-state index in [-0.39, 0.29) is 5.78 Å². The number of ketones is 1. The molecule has 1 N–H and O–H groups in total. The van der Waals surface area contributed by atoms with Crippen LogP contribution < -0.4 is 5.32 Å². The molecule has 1 aliphatic rings. The van der Waals surface area contributed by atoms with E-state index in [0.29, 0.717) is 18.5 Å². The molecule has 118 valence electrons. The first-order chi connectivity index (χ1) is 10.5. The fourth-order valence-corrected chi connectivity index (χ4v) is 2.58. The summed E-state index contributed by atoms with van der Waals surface area (Å²) in [5.74, 6) is -0.586. The van der Waals surface area contributed by atoms with Gasteiger partial charge in [0.15, 0.2) is 5.78 Å². The highest BCUT2D eigenvalue weighted by Gasteiger charge is 2.35. The van der Waals surface area contributed by atoms with Crippen LogP contribution in [0.2, 0.25) is 0 Å². The number of urea groups is 1. The number of Topliss-reactive ketones (excluding diaryl/α,β-unsaturated/α-hetero) is 1. The molecule has 2 unspecified atom stereocenters. The number of methoxy groups -OCH3 is 1. The fourth-order valence-electron chi connectivity index (χ4n) is 2.58. The van der Waals surface area contributed by atoms with E-state index in [4.69, 9.17) is 0 Å². The van der Waals surface area contributed by atoms with Gasteiger partial charge in [-0.3, -0.25) is 4.79 Å². The summed E-state index contributed by atoms with van der Waals surface area (Å²) in [5, 5.41) is 2.57. The molecule has 0 aliphatic carbocycles. The maximum absolute atomic E-state index is 12.5. The van der Waals surface area contributed by atoms with Crippen LogP contribution in [-0.2, 0) is 9.53 Å². The van der Waals surface area contributed by atoms with Crippen molar-refractivity contribution in [2.24, 2.45) is 0 Å². The molecule has 1 aromatic rings. The summed E-state index contributed by atoms with van der Waals surface area (Å²) in [6.07, 6.45) is 1.40. The molecule has 0 spiro atoms. The summed E-state index contributed by atoms with van der Waals surface area (Å²) >= 11 is 0. The third-order valence-corrected chi connectivity index (χ3v) is 3.77. The smallest absolute Gasteiger partial charge is 0.328 e. The summed E-state index contributed by atoms with van der Waals surface area (Å²) in [6, 6.07) is 7.29. The van der Waals surface area contributed by atoms with Crippen LogP contribution in [0.1, 0.15) is 30.1 Å². The summed E-state index contributed by atoms with van der Waals surface area (Å²) in [6.45, 7) is 2.05. The first-order valence-electron chi connectivity index (χ1n) is 7.29. The van der Waals surface area contributed by atoms with Gasteiger partial charge in [0, 0.05) is 12.1 Å². The average Bonchev–Trinajstić information content (AvgIpc) is 3.03. The topological polar surface area (TPSA) is 75.7 Å². The van der Waals surface area contributed by atoms with Gasteiger partial charge in [0.05, 0.1) is 13.2 Å². The zero-order valence-corrected chi connectivity index (χ0v) is 12.7. The summed E-state index contributed by atoms with van der Waals surface area (Å²) in [4.78, 5) is 37.7. The van der Waals surface area contributed by atoms with Gasteiger partial charge in [-0.2, -0.15) is 0 Å². The highest BCUT2D eigenvalue weighted by Crippen LogP contribution is 2.21. The van der Waals surface area contributed by atoms with E-state index in [2.05, 4.69) is 10.1 Å². The molecule has 2 amide bonds. The molecule has 0 aromatic heterocycles. The van der Waals surface area contributed by atoms with Crippen molar-refractivity contribution in [3.8, 4) is 0 Å². The third-order valence-electron chi connectivity index (χ3n) is 3.77. The van der Waals surface area contributed by atoms with E-state index < -0.39 is 24.1 Å². The van der Waals surface area contributed by atoms with Crippen LogP contribution in [0.5, 0.6) is 0 Å². The predicted octanol–water partition coefficient (Wildman–Crippen LogP) is 1.60. The zero-order chi connectivity index (χ0) is 16.1. The largest absolute Gasteiger partial charge is 0.467 e. The number of likely N-dealkylation sites (tertiary alicyclic amines) is 1. The van der Waals surface area contributed by atoms with Crippen molar-refractivity contribution in [1.82, 2.24) is 10.2 Å². The highest BCUT2D eigenvalue weighted by atomic mass is 16.5. The number of amides is 2. The van der Waals surface area contributed by atoms with Gasteiger partial charge in [-0.25, -0.2) is 9.59 Å². The van der Waals surface area contributed by atoms with E-state index in [9.17, 15) is 14.4 Å². The number of nitrogens with one attached hydrogen (secondary N) is 1. The Bertz CT molecular complexity index is 559. The van der Waals surface area contributed by atoms with Gasteiger partial charge < -0.3 is 15.0 Å². The number of hydrogen-bond acceptors (Lipinski definition) is 4. The molecule has 0 saturated carbocycles. The van der Waals surface area contributed by atoms with Gasteiger partial charge in [0.2, 0.25) is 0 Å². The Balaban J connectivity index is 2.06. The molecule has 2 atom stereocenters. The Morgan fingerprint density at radius 3 is 2.59 bits per heavy atom. The van der Waals surface area contributed by atoms with Crippen molar-refractivity contribution in [2.45, 2.75) is 31.8 Å². The van der Waals surface area contributed by atoms with Crippen LogP contribution in [0.3, 0.4) is 0 Å². The number of carbonyl (C=O) groups excluding carboxylic acids is 3. The summed E-state index contributed by atoms with van der Waals surface area (Å²) in [5.41, 5.74) is 0.591. The molecule has 1 aliphatic heterocycles. The molecular weight excluding hydrogens is 284 g/mol. The quantitative estimate of drug-likeness (QED) is 0.677. The van der Waals surface area contributed by atoms with Gasteiger partial charge >= 0.3 is 12.0 Å². The second kappa shape index (κ2) is 7.06. The van der Waals surface area contributed by atoms with E-state index in [1.165, 1.54) is 12.0 Å². The normalized spacial score (nSPS) is 18.6. The van der Waals surface area contributed by atoms with Crippen molar-refractivity contribution in [1.29, 1.82) is 0 Å². The SMILES string of the molecule is COC(=O)C(C)NC(=O)N1CCCC1C(=O)c1ccccc1. The number of benzene rings is 1. The van der Waals surface area contributed by atoms with Gasteiger partial charge in [0.1, 0.15) is 6.04 Å². The Labute approximate surface area is 129 Å². The monoisotopic (exact) mass is 304 g/mol. The second-order valence-corrected chi connectivity index (χ2v) is 5.28.